The van der Waals surface area contributed by atoms with Crippen LogP contribution in [0.1, 0.15) is 25.3 Å². The van der Waals surface area contributed by atoms with Gasteiger partial charge in [0.25, 0.3) is 5.91 Å². The van der Waals surface area contributed by atoms with Gasteiger partial charge in [-0.2, -0.15) is 0 Å². The second kappa shape index (κ2) is 6.24. The van der Waals surface area contributed by atoms with Gasteiger partial charge in [-0.05, 0) is 44.0 Å². The lowest BCUT2D eigenvalue weighted by molar-refractivity contribution is -0.134. The summed E-state index contributed by atoms with van der Waals surface area (Å²) in [6, 6.07) is 5.40. The van der Waals surface area contributed by atoms with Crippen LogP contribution in [0.2, 0.25) is 5.02 Å². The summed E-state index contributed by atoms with van der Waals surface area (Å²) in [6.07, 6.45) is 3.32. The van der Waals surface area contributed by atoms with Crippen LogP contribution in [0.4, 0.5) is 0 Å². The molecule has 0 radical (unpaired) electrons. The van der Waals surface area contributed by atoms with Crippen LogP contribution in [0, 0.1) is 5.92 Å². The summed E-state index contributed by atoms with van der Waals surface area (Å²) in [5, 5.41) is 0.595. The average molecular weight is 335 g/mol. The first-order chi connectivity index (χ1) is 11.0. The van der Waals surface area contributed by atoms with E-state index >= 15 is 0 Å². The number of hydrogen-bond donors (Lipinski definition) is 1. The van der Waals surface area contributed by atoms with Crippen LogP contribution in [0.25, 0.3) is 6.08 Å². The van der Waals surface area contributed by atoms with Crippen molar-refractivity contribution < 1.29 is 14.3 Å². The van der Waals surface area contributed by atoms with Gasteiger partial charge < -0.3 is 15.4 Å². The topological polar surface area (TPSA) is 72.6 Å². The molecule has 6 heteroatoms. The zero-order valence-corrected chi connectivity index (χ0v) is 13.7. The van der Waals surface area contributed by atoms with E-state index in [1.165, 1.54) is 0 Å². The summed E-state index contributed by atoms with van der Waals surface area (Å²) in [4.78, 5) is 26.0. The van der Waals surface area contributed by atoms with Crippen molar-refractivity contribution in [1.82, 2.24) is 4.90 Å². The first-order valence-corrected chi connectivity index (χ1v) is 8.06. The Labute approximate surface area is 140 Å². The largest absolute Gasteiger partial charge is 0.488 e. The number of amides is 2. The predicted molar refractivity (Wildman–Crippen MR) is 88.0 cm³/mol. The third kappa shape index (κ3) is 3.20. The molecule has 122 valence electrons. The Morgan fingerprint density at radius 3 is 2.87 bits per heavy atom. The molecule has 2 aliphatic rings. The Hall–Kier alpha value is -2.01. The average Bonchev–Trinajstić information content (AvgIpc) is 2.53. The molecule has 2 heterocycles. The number of ether oxygens (including phenoxy) is 1. The van der Waals surface area contributed by atoms with E-state index in [2.05, 4.69) is 0 Å². The van der Waals surface area contributed by atoms with Crippen molar-refractivity contribution in [3.05, 3.63) is 34.4 Å². The standard InChI is InChI=1S/C17H19ClN2O3/c1-10-2-3-11(16(19)21)8-20(10)17(22)13-6-12-7-14(18)4-5-15(12)23-9-13/h4-7,10-11H,2-3,8-9H2,1H3,(H2,19,21). The second-order valence-electron chi connectivity index (χ2n) is 6.12. The maximum atomic E-state index is 12.8. The molecule has 0 saturated carbocycles. The first kappa shape index (κ1) is 15.9. The third-order valence-electron chi connectivity index (χ3n) is 4.50. The highest BCUT2D eigenvalue weighted by Gasteiger charge is 2.33. The minimum atomic E-state index is -0.347. The summed E-state index contributed by atoms with van der Waals surface area (Å²) >= 11 is 6.00. The molecule has 1 saturated heterocycles. The van der Waals surface area contributed by atoms with Crippen LogP contribution < -0.4 is 10.5 Å². The van der Waals surface area contributed by atoms with Crippen LogP contribution >= 0.6 is 11.6 Å². The molecule has 0 aliphatic carbocycles. The summed E-state index contributed by atoms with van der Waals surface area (Å²) in [5.74, 6) is -0.00979. The zero-order chi connectivity index (χ0) is 16.6. The maximum Gasteiger partial charge on any atom is 0.253 e. The molecule has 2 N–H and O–H groups in total. The van der Waals surface area contributed by atoms with E-state index in [-0.39, 0.29) is 30.4 Å². The van der Waals surface area contributed by atoms with Gasteiger partial charge in [-0.25, -0.2) is 0 Å². The van der Waals surface area contributed by atoms with Crippen LogP contribution in [0.5, 0.6) is 5.75 Å². The first-order valence-electron chi connectivity index (χ1n) is 7.69. The molecule has 2 aliphatic heterocycles. The maximum absolute atomic E-state index is 12.8. The molecule has 2 amide bonds. The van der Waals surface area contributed by atoms with Gasteiger partial charge in [0.05, 0.1) is 11.5 Å². The highest BCUT2D eigenvalue weighted by molar-refractivity contribution is 6.30. The Bertz CT molecular complexity index is 686. The molecule has 0 bridgehead atoms. The van der Waals surface area contributed by atoms with Gasteiger partial charge in [0.2, 0.25) is 5.91 Å². The Kier molecular flexibility index (Phi) is 4.31. The number of likely N-dealkylation sites (tertiary alicyclic amines) is 1. The predicted octanol–water partition coefficient (Wildman–Crippen LogP) is 2.23. The summed E-state index contributed by atoms with van der Waals surface area (Å²) in [5.41, 5.74) is 6.76. The quantitative estimate of drug-likeness (QED) is 0.901. The van der Waals surface area contributed by atoms with Gasteiger partial charge in [0, 0.05) is 23.2 Å². The monoisotopic (exact) mass is 334 g/mol. The SMILES string of the molecule is CC1CCC(C(N)=O)CN1C(=O)C1=Cc2cc(Cl)ccc2OC1. The van der Waals surface area contributed by atoms with Crippen molar-refractivity contribution in [1.29, 1.82) is 0 Å². The molecule has 23 heavy (non-hydrogen) atoms. The molecule has 3 rings (SSSR count). The number of hydrogen-bond acceptors (Lipinski definition) is 3. The zero-order valence-electron chi connectivity index (χ0n) is 12.9. The lowest BCUT2D eigenvalue weighted by atomic mass is 9.92. The number of nitrogens with zero attached hydrogens (tertiary/aromatic N) is 1. The normalized spacial score (nSPS) is 23.6. The van der Waals surface area contributed by atoms with Gasteiger partial charge >= 0.3 is 0 Å². The fourth-order valence-electron chi connectivity index (χ4n) is 3.08. The molecule has 1 fully saturated rings. The number of halogens is 1. The highest BCUT2D eigenvalue weighted by atomic mass is 35.5. The molecule has 0 spiro atoms. The van der Waals surface area contributed by atoms with Crippen LogP contribution in [0.15, 0.2) is 23.8 Å². The van der Waals surface area contributed by atoms with E-state index in [1.54, 1.807) is 23.1 Å². The number of primary amides is 1. The molecular formula is C17H19ClN2O3. The van der Waals surface area contributed by atoms with Gasteiger partial charge in [0.1, 0.15) is 12.4 Å². The fourth-order valence-corrected chi connectivity index (χ4v) is 3.26. The molecule has 0 aromatic heterocycles. The minimum Gasteiger partial charge on any atom is -0.488 e. The van der Waals surface area contributed by atoms with E-state index in [0.29, 0.717) is 22.9 Å². The molecule has 2 unspecified atom stereocenters. The Balaban J connectivity index is 1.83. The lowest BCUT2D eigenvalue weighted by Crippen LogP contribution is -2.49. The van der Waals surface area contributed by atoms with Gasteiger partial charge in [-0.1, -0.05) is 11.6 Å². The number of nitrogens with two attached hydrogens (primary N) is 1. The molecular weight excluding hydrogens is 316 g/mol. The third-order valence-corrected chi connectivity index (χ3v) is 4.74. The minimum absolute atomic E-state index is 0.0831. The van der Waals surface area contributed by atoms with Crippen molar-refractivity contribution in [3.63, 3.8) is 0 Å². The highest BCUT2D eigenvalue weighted by Crippen LogP contribution is 2.31. The van der Waals surface area contributed by atoms with Crippen LogP contribution in [0.3, 0.4) is 0 Å². The van der Waals surface area contributed by atoms with Crippen LogP contribution in [-0.4, -0.2) is 35.9 Å². The Morgan fingerprint density at radius 2 is 2.13 bits per heavy atom. The molecule has 2 atom stereocenters. The van der Waals surface area contributed by atoms with Gasteiger partial charge in [-0.15, -0.1) is 0 Å². The number of fused-ring (bicyclic) bond motifs is 1. The molecule has 1 aromatic carbocycles. The number of carbonyl (C=O) groups is 2. The Morgan fingerprint density at radius 1 is 1.35 bits per heavy atom. The molecule has 1 aromatic rings. The van der Waals surface area contributed by atoms with Gasteiger partial charge in [-0.3, -0.25) is 9.59 Å². The van der Waals surface area contributed by atoms with Crippen molar-refractivity contribution in [2.75, 3.05) is 13.2 Å². The van der Waals surface area contributed by atoms with Crippen molar-refractivity contribution in [2.24, 2.45) is 11.7 Å². The van der Waals surface area contributed by atoms with Crippen molar-refractivity contribution in [2.45, 2.75) is 25.8 Å². The van der Waals surface area contributed by atoms with Gasteiger partial charge in [0.15, 0.2) is 0 Å². The van der Waals surface area contributed by atoms with Crippen LogP contribution in [-0.2, 0) is 9.59 Å². The smallest absolute Gasteiger partial charge is 0.253 e. The van der Waals surface area contributed by atoms with E-state index in [9.17, 15) is 9.59 Å². The number of rotatable bonds is 2. The van der Waals surface area contributed by atoms with E-state index < -0.39 is 0 Å². The number of carbonyl (C=O) groups excluding carboxylic acids is 2. The van der Waals surface area contributed by atoms with Crippen molar-refractivity contribution >= 4 is 29.5 Å². The van der Waals surface area contributed by atoms with E-state index in [0.717, 1.165) is 18.4 Å². The van der Waals surface area contributed by atoms with E-state index in [4.69, 9.17) is 22.1 Å². The second-order valence-corrected chi connectivity index (χ2v) is 6.56. The fraction of sp³-hybridized carbons (Fsp3) is 0.412. The number of benzene rings is 1. The summed E-state index contributed by atoms with van der Waals surface area (Å²) in [6.45, 7) is 2.58. The number of piperidine rings is 1. The van der Waals surface area contributed by atoms with Crippen molar-refractivity contribution in [3.8, 4) is 5.75 Å². The lowest BCUT2D eigenvalue weighted by Gasteiger charge is -2.37. The summed E-state index contributed by atoms with van der Waals surface area (Å²) < 4.78 is 5.65. The van der Waals surface area contributed by atoms with E-state index in [1.807, 2.05) is 13.0 Å². The summed E-state index contributed by atoms with van der Waals surface area (Å²) in [7, 11) is 0. The molecule has 5 nitrogen and oxygen atoms in total.